The number of ether oxygens (including phenoxy) is 1. The Morgan fingerprint density at radius 3 is 2.23 bits per heavy atom. The molecule has 0 aliphatic rings. The second kappa shape index (κ2) is 17.5. The zero-order chi connectivity index (χ0) is 39.8. The first-order valence-corrected chi connectivity index (χ1v) is 20.4. The van der Waals surface area contributed by atoms with Gasteiger partial charge in [-0.3, -0.25) is 14.2 Å². The van der Waals surface area contributed by atoms with Gasteiger partial charge in [0.05, 0.1) is 5.92 Å². The van der Waals surface area contributed by atoms with E-state index in [2.05, 4.69) is 20.8 Å². The summed E-state index contributed by atoms with van der Waals surface area (Å²) in [6.07, 6.45) is 0.187. The average molecular weight is 784 g/mol. The summed E-state index contributed by atoms with van der Waals surface area (Å²) < 4.78 is 25.7. The van der Waals surface area contributed by atoms with Gasteiger partial charge >= 0.3 is 6.09 Å². The summed E-state index contributed by atoms with van der Waals surface area (Å²) in [5.41, 5.74) is 10.2. The minimum atomic E-state index is -4.46. The molecular formula is C44H42N5O7P. The lowest BCUT2D eigenvalue weighted by Gasteiger charge is -2.28. The number of amides is 3. The molecule has 2 heterocycles. The van der Waals surface area contributed by atoms with E-state index in [1.54, 1.807) is 48.7 Å². The van der Waals surface area contributed by atoms with Gasteiger partial charge in [-0.2, -0.15) is 0 Å². The van der Waals surface area contributed by atoms with Gasteiger partial charge in [-0.25, -0.2) is 4.79 Å². The van der Waals surface area contributed by atoms with Crippen molar-refractivity contribution in [1.29, 1.82) is 0 Å². The van der Waals surface area contributed by atoms with Gasteiger partial charge in [-0.1, -0.05) is 120 Å². The highest BCUT2D eigenvalue weighted by molar-refractivity contribution is 7.58. The van der Waals surface area contributed by atoms with Crippen LogP contribution in [0.3, 0.4) is 0 Å². The van der Waals surface area contributed by atoms with Crippen LogP contribution in [0.4, 0.5) is 4.79 Å². The maximum absolute atomic E-state index is 14.6. The molecule has 5 aromatic carbocycles. The van der Waals surface area contributed by atoms with Gasteiger partial charge in [0.15, 0.2) is 0 Å². The van der Waals surface area contributed by atoms with Crippen molar-refractivity contribution in [3.8, 4) is 11.3 Å². The molecule has 0 fully saturated rings. The van der Waals surface area contributed by atoms with E-state index < -0.39 is 49.2 Å². The van der Waals surface area contributed by atoms with Gasteiger partial charge in [-0.05, 0) is 39.6 Å². The number of carbonyl (C=O) groups excluding carboxylic acids is 3. The summed E-state index contributed by atoms with van der Waals surface area (Å²) in [4.78, 5) is 55.3. The smallest absolute Gasteiger partial charge is 0.408 e. The number of fused-ring (bicyclic) bond motifs is 2. The van der Waals surface area contributed by atoms with E-state index in [-0.39, 0.29) is 31.6 Å². The molecule has 3 amide bonds. The highest BCUT2D eigenvalue weighted by Gasteiger charge is 2.39. The standard InChI is InChI=1S/C44H42N5O7P/c45-42(50)40(24-34-26-46-38-18-10-9-17-37(34)38)47-43(51)35(23-36-25-39(49-56-36)33-20-19-31-15-7-8-16-32(31)22-33)28-57(53,54)41(21-29-11-3-1-4-12-29)48-44(52)55-27-30-13-5-2-6-14-30/h1-20,22,25-26,35,40-41,46H,21,23-24,27-28H2,(H2,45,50)(H,47,51)(H,48,52)(H,53,54)/t35-,40+,41-/m1/s1. The second-order valence-corrected chi connectivity index (χ2v) is 16.5. The van der Waals surface area contributed by atoms with E-state index in [1.807, 2.05) is 91.0 Å². The molecule has 290 valence electrons. The maximum Gasteiger partial charge on any atom is 0.408 e. The molecule has 13 heteroatoms. The van der Waals surface area contributed by atoms with Crippen LogP contribution in [-0.4, -0.2) is 50.9 Å². The Balaban J connectivity index is 1.16. The number of nitrogens with two attached hydrogens (primary N) is 1. The van der Waals surface area contributed by atoms with Crippen LogP contribution in [0, 0.1) is 5.92 Å². The molecule has 0 saturated carbocycles. The molecule has 7 rings (SSSR count). The molecule has 0 radical (unpaired) electrons. The number of nitrogens with zero attached hydrogens (tertiary/aromatic N) is 1. The number of aromatic amines is 1. The molecule has 7 aromatic rings. The largest absolute Gasteiger partial charge is 0.445 e. The van der Waals surface area contributed by atoms with Crippen LogP contribution in [0.5, 0.6) is 0 Å². The van der Waals surface area contributed by atoms with Gasteiger partial charge < -0.3 is 35.5 Å². The fourth-order valence-electron chi connectivity index (χ4n) is 6.89. The molecule has 6 N–H and O–H groups in total. The van der Waals surface area contributed by atoms with Crippen molar-refractivity contribution in [1.82, 2.24) is 20.8 Å². The third-order valence-corrected chi connectivity index (χ3v) is 12.2. The summed E-state index contributed by atoms with van der Waals surface area (Å²) in [7, 11) is -4.46. The maximum atomic E-state index is 14.6. The van der Waals surface area contributed by atoms with Crippen molar-refractivity contribution < 1.29 is 33.1 Å². The minimum Gasteiger partial charge on any atom is -0.445 e. The molecule has 0 aliphatic heterocycles. The summed E-state index contributed by atoms with van der Waals surface area (Å²) in [6.45, 7) is -0.0541. The lowest BCUT2D eigenvalue weighted by molar-refractivity contribution is -0.129. The monoisotopic (exact) mass is 783 g/mol. The summed E-state index contributed by atoms with van der Waals surface area (Å²) >= 11 is 0. The van der Waals surface area contributed by atoms with E-state index in [1.165, 1.54) is 0 Å². The first kappa shape index (κ1) is 38.8. The Morgan fingerprint density at radius 1 is 0.789 bits per heavy atom. The van der Waals surface area contributed by atoms with Gasteiger partial charge in [0.25, 0.3) is 0 Å². The van der Waals surface area contributed by atoms with Crippen LogP contribution in [-0.2, 0) is 44.8 Å². The number of H-pyrrole nitrogens is 1. The van der Waals surface area contributed by atoms with Crippen molar-refractivity contribution in [2.75, 3.05) is 6.16 Å². The molecule has 1 unspecified atom stereocenters. The van der Waals surface area contributed by atoms with Crippen molar-refractivity contribution in [2.45, 2.75) is 37.7 Å². The SMILES string of the molecule is NC(=O)[C@H](Cc1c[nH]c2ccccc12)NC(=O)[C@H](Cc1cc(-c2ccc3ccccc3c2)no1)CP(=O)(O)[C@H](Cc1ccccc1)NC(=O)OCc1ccccc1. The van der Waals surface area contributed by atoms with E-state index in [0.717, 1.165) is 38.4 Å². The topological polar surface area (TPSA) is 190 Å². The van der Waals surface area contributed by atoms with E-state index in [9.17, 15) is 23.8 Å². The first-order chi connectivity index (χ1) is 27.6. The number of primary amides is 1. The van der Waals surface area contributed by atoms with Gasteiger partial charge in [-0.15, -0.1) is 0 Å². The van der Waals surface area contributed by atoms with E-state index >= 15 is 0 Å². The van der Waals surface area contributed by atoms with Crippen molar-refractivity contribution in [3.63, 3.8) is 0 Å². The molecular weight excluding hydrogens is 741 g/mol. The zero-order valence-electron chi connectivity index (χ0n) is 30.9. The van der Waals surface area contributed by atoms with Crippen LogP contribution < -0.4 is 16.4 Å². The molecule has 0 bridgehead atoms. The van der Waals surface area contributed by atoms with Crippen LogP contribution in [0.2, 0.25) is 0 Å². The molecule has 0 spiro atoms. The fourth-order valence-corrected chi connectivity index (χ4v) is 8.87. The number of para-hydroxylation sites is 1. The van der Waals surface area contributed by atoms with Crippen LogP contribution in [0.1, 0.15) is 22.5 Å². The predicted molar refractivity (Wildman–Crippen MR) is 218 cm³/mol. The van der Waals surface area contributed by atoms with Gasteiger partial charge in [0.2, 0.25) is 19.2 Å². The Kier molecular flexibility index (Phi) is 11.9. The van der Waals surface area contributed by atoms with Crippen LogP contribution >= 0.6 is 7.37 Å². The summed E-state index contributed by atoms with van der Waals surface area (Å²) in [5.74, 6) is -3.74. The number of aromatic nitrogens is 2. The molecule has 0 saturated heterocycles. The lowest BCUT2D eigenvalue weighted by atomic mass is 10.0. The number of alkyl carbamates (subject to hydrolysis) is 1. The highest BCUT2D eigenvalue weighted by Crippen LogP contribution is 2.48. The number of nitrogens with one attached hydrogen (secondary N) is 3. The van der Waals surface area contributed by atoms with Crippen LogP contribution in [0.25, 0.3) is 32.9 Å². The zero-order valence-corrected chi connectivity index (χ0v) is 31.8. The quantitative estimate of drug-likeness (QED) is 0.0641. The third-order valence-electron chi connectivity index (χ3n) is 9.92. The predicted octanol–water partition coefficient (Wildman–Crippen LogP) is 7.11. The fraction of sp³-hybridized carbons (Fsp3) is 0.182. The summed E-state index contributed by atoms with van der Waals surface area (Å²) in [5, 5.41) is 12.5. The summed E-state index contributed by atoms with van der Waals surface area (Å²) in [6, 6.07) is 39.8. The molecule has 4 atom stereocenters. The normalized spacial score (nSPS) is 14.0. The molecule has 57 heavy (non-hydrogen) atoms. The Labute approximate surface area is 328 Å². The minimum absolute atomic E-state index is 0.0255. The lowest BCUT2D eigenvalue weighted by Crippen LogP contribution is -2.49. The number of rotatable bonds is 16. The van der Waals surface area contributed by atoms with Gasteiger partial charge in [0.1, 0.15) is 29.9 Å². The number of benzene rings is 5. The Hall–Kier alpha value is -6.49. The third kappa shape index (κ3) is 9.85. The Bertz CT molecular complexity index is 2540. The average Bonchev–Trinajstić information content (AvgIpc) is 3.87. The molecule has 2 aromatic heterocycles. The number of carbonyl (C=O) groups is 3. The highest BCUT2D eigenvalue weighted by atomic mass is 31.2. The first-order valence-electron chi connectivity index (χ1n) is 18.5. The van der Waals surface area contributed by atoms with E-state index in [4.69, 9.17) is 15.0 Å². The van der Waals surface area contributed by atoms with Crippen LogP contribution in [0.15, 0.2) is 144 Å². The van der Waals surface area contributed by atoms with Crippen molar-refractivity contribution >= 4 is 47.0 Å². The van der Waals surface area contributed by atoms with Gasteiger partial charge in [0, 0.05) is 54.2 Å². The second-order valence-electron chi connectivity index (χ2n) is 14.0. The number of hydrogen-bond donors (Lipinski definition) is 5. The van der Waals surface area contributed by atoms with Crippen molar-refractivity contribution in [3.05, 3.63) is 162 Å². The van der Waals surface area contributed by atoms with E-state index in [0.29, 0.717) is 11.3 Å². The van der Waals surface area contributed by atoms with Crippen molar-refractivity contribution in [2.24, 2.45) is 11.7 Å². The molecule has 0 aliphatic carbocycles. The number of hydrogen-bond acceptors (Lipinski definition) is 7. The molecule has 12 nitrogen and oxygen atoms in total. The Morgan fingerprint density at radius 2 is 1.47 bits per heavy atom.